The molecule has 0 aliphatic carbocycles. The van der Waals surface area contributed by atoms with Gasteiger partial charge in [0.25, 0.3) is 0 Å². The van der Waals surface area contributed by atoms with Gasteiger partial charge in [0.15, 0.2) is 0 Å². The second kappa shape index (κ2) is 12.4. The van der Waals surface area contributed by atoms with Gasteiger partial charge in [-0.05, 0) is 12.8 Å². The predicted molar refractivity (Wildman–Crippen MR) is 59.1 cm³/mol. The normalized spacial score (nSPS) is 11.4. The van der Waals surface area contributed by atoms with E-state index in [-0.39, 0.29) is 5.92 Å². The van der Waals surface area contributed by atoms with E-state index in [1.165, 1.54) is 0 Å². The number of carboxylic acids is 1. The minimum atomic E-state index is -0.643. The van der Waals surface area contributed by atoms with Gasteiger partial charge in [0.05, 0.1) is 5.92 Å². The summed E-state index contributed by atoms with van der Waals surface area (Å²) < 4.78 is 0. The first kappa shape index (κ1) is 15.8. The van der Waals surface area contributed by atoms with Gasteiger partial charge in [0.2, 0.25) is 0 Å². The molecule has 0 amide bonds. The standard InChI is InChI=1S/C8H16O2.C2H8N2/c1-3-5-6-7(4-2)8(9)10;3-1-2-4/h7H,3-6H2,1-2H3,(H,9,10);1-4H2. The van der Waals surface area contributed by atoms with Crippen molar-refractivity contribution in [1.29, 1.82) is 0 Å². The van der Waals surface area contributed by atoms with E-state index in [1.807, 2.05) is 6.92 Å². The molecule has 86 valence electrons. The monoisotopic (exact) mass is 204 g/mol. The highest BCUT2D eigenvalue weighted by molar-refractivity contribution is 5.69. The van der Waals surface area contributed by atoms with Crippen molar-refractivity contribution in [1.82, 2.24) is 0 Å². The lowest BCUT2D eigenvalue weighted by atomic mass is 10.00. The Morgan fingerprint density at radius 3 is 2.00 bits per heavy atom. The third-order valence-corrected chi connectivity index (χ3v) is 1.91. The van der Waals surface area contributed by atoms with Crippen molar-refractivity contribution >= 4 is 5.97 Å². The van der Waals surface area contributed by atoms with Gasteiger partial charge < -0.3 is 16.6 Å². The Kier molecular flexibility index (Phi) is 14.0. The molecule has 0 fully saturated rings. The number of carbonyl (C=O) groups is 1. The summed E-state index contributed by atoms with van der Waals surface area (Å²) >= 11 is 0. The number of carboxylic acid groups (broad SMARTS) is 1. The number of hydrogen-bond donors (Lipinski definition) is 3. The molecule has 0 saturated heterocycles. The first-order valence-corrected chi connectivity index (χ1v) is 5.26. The zero-order chi connectivity index (χ0) is 11.4. The third-order valence-electron chi connectivity index (χ3n) is 1.91. The van der Waals surface area contributed by atoms with E-state index in [0.717, 1.165) is 25.7 Å². The molecule has 1 unspecified atom stereocenters. The zero-order valence-corrected chi connectivity index (χ0v) is 9.33. The van der Waals surface area contributed by atoms with E-state index in [1.54, 1.807) is 0 Å². The topological polar surface area (TPSA) is 89.3 Å². The van der Waals surface area contributed by atoms with E-state index >= 15 is 0 Å². The van der Waals surface area contributed by atoms with Crippen LogP contribution < -0.4 is 11.5 Å². The van der Waals surface area contributed by atoms with Crippen LogP contribution in [0.3, 0.4) is 0 Å². The highest BCUT2D eigenvalue weighted by Crippen LogP contribution is 2.11. The molecule has 1 atom stereocenters. The number of aliphatic carboxylic acids is 1. The summed E-state index contributed by atoms with van der Waals surface area (Å²) in [4.78, 5) is 10.4. The molecule has 0 aliphatic rings. The van der Waals surface area contributed by atoms with Crippen LogP contribution in [0.2, 0.25) is 0 Å². The summed E-state index contributed by atoms with van der Waals surface area (Å²) in [6.45, 7) is 5.20. The molecule has 5 N–H and O–H groups in total. The maximum absolute atomic E-state index is 10.4. The third kappa shape index (κ3) is 11.4. The number of hydrogen-bond acceptors (Lipinski definition) is 3. The maximum Gasteiger partial charge on any atom is 0.306 e. The first-order chi connectivity index (χ1) is 6.63. The minimum Gasteiger partial charge on any atom is -0.481 e. The van der Waals surface area contributed by atoms with Crippen LogP contribution in [-0.2, 0) is 4.79 Å². The van der Waals surface area contributed by atoms with Crippen LogP contribution in [0.5, 0.6) is 0 Å². The van der Waals surface area contributed by atoms with Crippen LogP contribution in [-0.4, -0.2) is 24.2 Å². The van der Waals surface area contributed by atoms with Crippen LogP contribution in [0.1, 0.15) is 39.5 Å². The van der Waals surface area contributed by atoms with Gasteiger partial charge in [-0.3, -0.25) is 4.79 Å². The lowest BCUT2D eigenvalue weighted by molar-refractivity contribution is -0.142. The van der Waals surface area contributed by atoms with E-state index in [2.05, 4.69) is 6.92 Å². The van der Waals surface area contributed by atoms with E-state index in [9.17, 15) is 4.79 Å². The van der Waals surface area contributed by atoms with Crippen LogP contribution in [0.25, 0.3) is 0 Å². The molecular formula is C10H24N2O2. The first-order valence-electron chi connectivity index (χ1n) is 5.26. The maximum atomic E-state index is 10.4. The molecule has 4 heteroatoms. The van der Waals surface area contributed by atoms with Gasteiger partial charge in [-0.2, -0.15) is 0 Å². The largest absolute Gasteiger partial charge is 0.481 e. The summed E-state index contributed by atoms with van der Waals surface area (Å²) in [7, 11) is 0. The molecule has 0 bridgehead atoms. The number of nitrogens with two attached hydrogens (primary N) is 2. The highest BCUT2D eigenvalue weighted by atomic mass is 16.4. The van der Waals surface area contributed by atoms with Crippen LogP contribution in [0.15, 0.2) is 0 Å². The molecule has 0 saturated carbocycles. The Morgan fingerprint density at radius 2 is 1.79 bits per heavy atom. The lowest BCUT2D eigenvalue weighted by Gasteiger charge is -2.06. The Morgan fingerprint density at radius 1 is 1.29 bits per heavy atom. The SMILES string of the molecule is CCCCC(CC)C(=O)O.NCCN. The summed E-state index contributed by atoms with van der Waals surface area (Å²) in [6.07, 6.45) is 3.71. The molecule has 0 aromatic carbocycles. The second-order valence-electron chi connectivity index (χ2n) is 3.16. The van der Waals surface area contributed by atoms with Gasteiger partial charge >= 0.3 is 5.97 Å². The summed E-state index contributed by atoms with van der Waals surface area (Å²) in [5.41, 5.74) is 9.81. The summed E-state index contributed by atoms with van der Waals surface area (Å²) in [5.74, 6) is -0.754. The minimum absolute atomic E-state index is 0.111. The van der Waals surface area contributed by atoms with E-state index < -0.39 is 5.97 Å². The fourth-order valence-corrected chi connectivity index (χ4v) is 0.953. The van der Waals surface area contributed by atoms with Crippen LogP contribution in [0.4, 0.5) is 0 Å². The summed E-state index contributed by atoms with van der Waals surface area (Å²) in [5, 5.41) is 8.60. The van der Waals surface area contributed by atoms with Crippen molar-refractivity contribution in [3.05, 3.63) is 0 Å². The second-order valence-corrected chi connectivity index (χ2v) is 3.16. The smallest absolute Gasteiger partial charge is 0.306 e. The van der Waals surface area contributed by atoms with Crippen molar-refractivity contribution < 1.29 is 9.90 Å². The van der Waals surface area contributed by atoms with Crippen molar-refractivity contribution in [3.63, 3.8) is 0 Å². The average Bonchev–Trinajstić information content (AvgIpc) is 2.19. The number of rotatable bonds is 6. The van der Waals surface area contributed by atoms with Gasteiger partial charge in [-0.15, -0.1) is 0 Å². The highest BCUT2D eigenvalue weighted by Gasteiger charge is 2.12. The zero-order valence-electron chi connectivity index (χ0n) is 9.33. The molecule has 0 aliphatic heterocycles. The lowest BCUT2D eigenvalue weighted by Crippen LogP contribution is -2.11. The Hall–Kier alpha value is -0.610. The molecular weight excluding hydrogens is 180 g/mol. The van der Waals surface area contributed by atoms with E-state index in [4.69, 9.17) is 16.6 Å². The molecule has 0 aromatic heterocycles. The average molecular weight is 204 g/mol. The number of unbranched alkanes of at least 4 members (excludes halogenated alkanes) is 1. The molecule has 0 heterocycles. The fraction of sp³-hybridized carbons (Fsp3) is 0.900. The van der Waals surface area contributed by atoms with E-state index in [0.29, 0.717) is 13.1 Å². The van der Waals surface area contributed by atoms with Crippen LogP contribution >= 0.6 is 0 Å². The van der Waals surface area contributed by atoms with Crippen molar-refractivity contribution in [3.8, 4) is 0 Å². The Labute approximate surface area is 86.7 Å². The Balaban J connectivity index is 0. The van der Waals surface area contributed by atoms with Crippen molar-refractivity contribution in [2.24, 2.45) is 17.4 Å². The van der Waals surface area contributed by atoms with Gasteiger partial charge in [0, 0.05) is 13.1 Å². The van der Waals surface area contributed by atoms with Crippen molar-refractivity contribution in [2.45, 2.75) is 39.5 Å². The predicted octanol–water partition coefficient (Wildman–Crippen LogP) is 1.19. The van der Waals surface area contributed by atoms with Gasteiger partial charge in [0.1, 0.15) is 0 Å². The van der Waals surface area contributed by atoms with Crippen LogP contribution in [0, 0.1) is 5.92 Å². The molecule has 0 aromatic rings. The molecule has 4 nitrogen and oxygen atoms in total. The Bertz CT molecular complexity index is 127. The molecule has 0 spiro atoms. The molecule has 14 heavy (non-hydrogen) atoms. The quantitative estimate of drug-likeness (QED) is 0.606. The van der Waals surface area contributed by atoms with Gasteiger partial charge in [-0.1, -0.05) is 26.7 Å². The van der Waals surface area contributed by atoms with Crippen molar-refractivity contribution in [2.75, 3.05) is 13.1 Å². The van der Waals surface area contributed by atoms with Gasteiger partial charge in [-0.25, -0.2) is 0 Å². The molecule has 0 rings (SSSR count). The summed E-state index contributed by atoms with van der Waals surface area (Å²) in [6, 6.07) is 0. The fourth-order valence-electron chi connectivity index (χ4n) is 0.953. The molecule has 0 radical (unpaired) electrons.